The van der Waals surface area contributed by atoms with Gasteiger partial charge in [0.25, 0.3) is 0 Å². The first-order valence-electron chi connectivity index (χ1n) is 17.4. The van der Waals surface area contributed by atoms with Gasteiger partial charge in [-0.15, -0.1) is 40.5 Å². The van der Waals surface area contributed by atoms with E-state index >= 15 is 0 Å². The normalized spacial score (nSPS) is 12.4. The molecule has 6 heteroatoms. The maximum atomic E-state index is 12.2. The third kappa shape index (κ3) is 7.98. The van der Waals surface area contributed by atoms with Gasteiger partial charge in [-0.25, -0.2) is 4.98 Å². The zero-order valence-corrected chi connectivity index (χ0v) is 33.3. The van der Waals surface area contributed by atoms with Crippen molar-refractivity contribution in [3.63, 3.8) is 0 Å². The number of rotatable bonds is 10. The van der Waals surface area contributed by atoms with Gasteiger partial charge in [-0.1, -0.05) is 109 Å². The van der Waals surface area contributed by atoms with Crippen LogP contribution in [0.2, 0.25) is 0 Å². The topological polar surface area (TPSA) is 63.1 Å². The molecule has 1 radical (unpaired) electrons. The molecule has 2 heterocycles. The molecule has 0 atom stereocenters. The van der Waals surface area contributed by atoms with Gasteiger partial charge in [0.2, 0.25) is 0 Å². The van der Waals surface area contributed by atoms with Crippen molar-refractivity contribution < 1.29 is 30.0 Å². The SMILES string of the molecule is CC(C)Cc1cc(-c2ncnc3sc4cc5ccccc5cc4c23)[c-]c2ccccc12.CCC(C)(CC)C(=O)/C=C(\O)C(C)(CC)CC.[Ir]. The van der Waals surface area contributed by atoms with Crippen LogP contribution >= 0.6 is 11.3 Å². The van der Waals surface area contributed by atoms with Gasteiger partial charge in [-0.3, -0.25) is 9.78 Å². The van der Waals surface area contributed by atoms with E-state index in [0.29, 0.717) is 5.92 Å². The molecule has 1 N–H and O–H groups in total. The minimum atomic E-state index is -0.337. The second kappa shape index (κ2) is 16.1. The summed E-state index contributed by atoms with van der Waals surface area (Å²) in [6.45, 7) is 16.6. The molecular weight excluding hydrogens is 801 g/mol. The fourth-order valence-corrected chi connectivity index (χ4v) is 7.30. The van der Waals surface area contributed by atoms with E-state index in [0.717, 1.165) is 59.0 Å². The zero-order chi connectivity index (χ0) is 34.6. The first-order chi connectivity index (χ1) is 23.0. The molecule has 0 bridgehead atoms. The summed E-state index contributed by atoms with van der Waals surface area (Å²) in [5, 5.41) is 17.4. The van der Waals surface area contributed by atoms with Gasteiger partial charge in [0, 0.05) is 52.8 Å². The van der Waals surface area contributed by atoms with Gasteiger partial charge >= 0.3 is 0 Å². The Kier molecular flexibility index (Phi) is 12.6. The maximum Gasteiger partial charge on any atom is 0.164 e. The van der Waals surface area contributed by atoms with Crippen LogP contribution in [0.25, 0.3) is 53.1 Å². The summed E-state index contributed by atoms with van der Waals surface area (Å²) in [4.78, 5) is 22.6. The number of hydrogen-bond donors (Lipinski definition) is 1. The molecule has 0 aliphatic carbocycles. The van der Waals surface area contributed by atoms with Crippen LogP contribution in [-0.2, 0) is 31.3 Å². The summed E-state index contributed by atoms with van der Waals surface area (Å²) in [5.74, 6) is 0.867. The molecule has 0 fully saturated rings. The molecule has 0 aliphatic rings. The molecule has 0 aliphatic heterocycles. The Labute approximate surface area is 309 Å². The second-order valence-electron chi connectivity index (χ2n) is 14.0. The minimum Gasteiger partial charge on any atom is -0.512 e. The number of benzene rings is 4. The molecule has 0 saturated carbocycles. The van der Waals surface area contributed by atoms with Gasteiger partial charge in [0.1, 0.15) is 16.9 Å². The smallest absolute Gasteiger partial charge is 0.164 e. The number of aliphatic hydroxyl groups is 1. The molecule has 4 aromatic carbocycles. The average molecular weight is 850 g/mol. The summed E-state index contributed by atoms with van der Waals surface area (Å²) in [6.07, 6.45) is 7.48. The fraction of sp³-hybridized carbons (Fsp3) is 0.372. The number of nitrogens with zero attached hydrogens (tertiary/aromatic N) is 2. The zero-order valence-electron chi connectivity index (χ0n) is 30.1. The molecule has 0 spiro atoms. The summed E-state index contributed by atoms with van der Waals surface area (Å²) in [7, 11) is 0. The number of carbonyl (C=O) groups excluding carboxylic acids is 1. The van der Waals surface area contributed by atoms with E-state index in [1.165, 1.54) is 37.9 Å². The summed E-state index contributed by atoms with van der Waals surface area (Å²) < 4.78 is 1.25. The van der Waals surface area contributed by atoms with Crippen molar-refractivity contribution in [2.24, 2.45) is 16.7 Å². The third-order valence-corrected chi connectivity index (χ3v) is 11.5. The molecule has 0 unspecified atom stereocenters. The van der Waals surface area contributed by atoms with Gasteiger partial charge < -0.3 is 5.11 Å². The number of fused-ring (bicyclic) bond motifs is 5. The maximum absolute atomic E-state index is 12.2. The fourth-order valence-electron chi connectivity index (χ4n) is 6.22. The van der Waals surface area contributed by atoms with Crippen LogP contribution in [-0.4, -0.2) is 20.9 Å². The Hall–Kier alpha value is -3.44. The molecular formula is C43H49IrN2O2S-. The first-order valence-corrected chi connectivity index (χ1v) is 18.2. The van der Waals surface area contributed by atoms with E-state index in [1.54, 1.807) is 17.7 Å². The molecule has 4 nitrogen and oxygen atoms in total. The van der Waals surface area contributed by atoms with Gasteiger partial charge in [0.05, 0.1) is 0 Å². The van der Waals surface area contributed by atoms with E-state index in [2.05, 4.69) is 91.6 Å². The Balaban J connectivity index is 0.000000260. The number of aliphatic hydroxyl groups excluding tert-OH is 1. The van der Waals surface area contributed by atoms with Crippen LogP contribution in [0.5, 0.6) is 0 Å². The number of thiophene rings is 1. The number of carbonyl (C=O) groups is 1. The molecule has 0 amide bonds. The van der Waals surface area contributed by atoms with Gasteiger partial charge in [-0.2, -0.15) is 0 Å². The van der Waals surface area contributed by atoms with Crippen LogP contribution in [0.1, 0.15) is 86.6 Å². The van der Waals surface area contributed by atoms with Gasteiger partial charge in [0.15, 0.2) is 5.78 Å². The minimum absolute atomic E-state index is 0. The van der Waals surface area contributed by atoms with Crippen molar-refractivity contribution in [3.05, 3.63) is 96.5 Å². The predicted molar refractivity (Wildman–Crippen MR) is 206 cm³/mol. The second-order valence-corrected chi connectivity index (χ2v) is 15.0. The van der Waals surface area contributed by atoms with E-state index in [-0.39, 0.29) is 42.5 Å². The molecule has 2 aromatic heterocycles. The standard InChI is InChI=1S/C28H21N2S.C15H28O2.Ir/c1-17(2)11-21-13-22(12-20-9-5-6-10-23(20)21)27-26-24-14-18-7-3-4-8-19(18)15-25(24)31-28(26)30-16-29-27;1-7-14(5,8-2)12(16)11-13(17)15(6,9-3)10-4;/h3-10,13-17H,11H2,1-2H3;11,16H,7-10H2,1-6H3;/q-1;;/b;12-11-;. The number of ketones is 1. The number of hydrogen-bond acceptors (Lipinski definition) is 5. The van der Waals surface area contributed by atoms with Crippen LogP contribution in [0.3, 0.4) is 0 Å². The largest absolute Gasteiger partial charge is 0.512 e. The molecule has 0 saturated heterocycles. The van der Waals surface area contributed by atoms with Crippen LogP contribution in [0.4, 0.5) is 0 Å². The van der Waals surface area contributed by atoms with Crippen molar-refractivity contribution in [1.82, 2.24) is 9.97 Å². The molecule has 6 rings (SSSR count). The number of aromatic nitrogens is 2. The van der Waals surface area contributed by atoms with Gasteiger partial charge in [-0.05, 0) is 66.3 Å². The van der Waals surface area contributed by atoms with Crippen LogP contribution in [0.15, 0.2) is 84.9 Å². The first kappa shape index (κ1) is 38.4. The Morgan fingerprint density at radius 3 is 2.10 bits per heavy atom. The third-order valence-electron chi connectivity index (χ3n) is 10.5. The van der Waals surface area contributed by atoms with Crippen molar-refractivity contribution in [1.29, 1.82) is 0 Å². The Morgan fingerprint density at radius 1 is 0.857 bits per heavy atom. The van der Waals surface area contributed by atoms with Crippen LogP contribution in [0, 0.1) is 22.8 Å². The van der Waals surface area contributed by atoms with E-state index in [9.17, 15) is 9.90 Å². The van der Waals surface area contributed by atoms with E-state index < -0.39 is 0 Å². The monoisotopic (exact) mass is 850 g/mol. The van der Waals surface area contributed by atoms with Crippen molar-refractivity contribution in [2.75, 3.05) is 0 Å². The van der Waals surface area contributed by atoms with E-state index in [1.807, 2.05) is 41.5 Å². The molecule has 259 valence electrons. The Morgan fingerprint density at radius 2 is 1.47 bits per heavy atom. The average Bonchev–Trinajstić information content (AvgIpc) is 3.47. The summed E-state index contributed by atoms with van der Waals surface area (Å²) in [6, 6.07) is 27.6. The number of allylic oxidation sites excluding steroid dienone is 2. The summed E-state index contributed by atoms with van der Waals surface area (Å²) >= 11 is 1.74. The quantitative estimate of drug-likeness (QED) is 0.0847. The van der Waals surface area contributed by atoms with Crippen molar-refractivity contribution >= 4 is 59.0 Å². The van der Waals surface area contributed by atoms with E-state index in [4.69, 9.17) is 4.98 Å². The Bertz CT molecular complexity index is 2100. The van der Waals surface area contributed by atoms with Crippen LogP contribution < -0.4 is 0 Å². The summed E-state index contributed by atoms with van der Waals surface area (Å²) in [5.41, 5.74) is 2.78. The molecule has 49 heavy (non-hydrogen) atoms. The van der Waals surface area contributed by atoms with Crippen molar-refractivity contribution in [3.8, 4) is 11.3 Å². The predicted octanol–water partition coefficient (Wildman–Crippen LogP) is 12.5. The van der Waals surface area contributed by atoms with Crippen molar-refractivity contribution in [2.45, 2.75) is 87.5 Å². The molecule has 6 aromatic rings.